The summed E-state index contributed by atoms with van der Waals surface area (Å²) in [5, 5.41) is 15.2. The Hall–Kier alpha value is -2.07. The minimum atomic E-state index is -0.753. The van der Waals surface area contributed by atoms with E-state index < -0.39 is 5.60 Å². The molecule has 0 aliphatic carbocycles. The molecule has 1 atom stereocenters. The van der Waals surface area contributed by atoms with Crippen LogP contribution in [-0.4, -0.2) is 34.7 Å². The van der Waals surface area contributed by atoms with Gasteiger partial charge in [0, 0.05) is 13.1 Å². The van der Waals surface area contributed by atoms with Crippen LogP contribution in [0.1, 0.15) is 18.9 Å². The number of β-amino-alcohol motifs (C(OH)–C–C–N with tert-alkyl or cyclic N) is 1. The molecule has 0 spiro atoms. The molecule has 0 radical (unpaired) electrons. The summed E-state index contributed by atoms with van der Waals surface area (Å²) in [6.07, 6.45) is 0.634. The molecule has 21 heavy (non-hydrogen) atoms. The van der Waals surface area contributed by atoms with Crippen LogP contribution in [0.5, 0.6) is 0 Å². The van der Waals surface area contributed by atoms with Gasteiger partial charge in [-0.25, -0.2) is 4.79 Å². The molecule has 1 fully saturated rings. The Morgan fingerprint density at radius 3 is 2.81 bits per heavy atom. The van der Waals surface area contributed by atoms with Crippen LogP contribution in [0.3, 0.4) is 0 Å². The van der Waals surface area contributed by atoms with Gasteiger partial charge in [-0.2, -0.15) is 0 Å². The van der Waals surface area contributed by atoms with E-state index in [1.807, 2.05) is 24.3 Å². The van der Waals surface area contributed by atoms with E-state index in [1.54, 1.807) is 11.8 Å². The van der Waals surface area contributed by atoms with Crippen molar-refractivity contribution in [3.63, 3.8) is 0 Å². The van der Waals surface area contributed by atoms with Crippen LogP contribution in [0.25, 0.3) is 10.8 Å². The van der Waals surface area contributed by atoms with Crippen LogP contribution in [0.2, 0.25) is 0 Å². The van der Waals surface area contributed by atoms with Crippen LogP contribution < -0.4 is 5.32 Å². The number of rotatable bonds is 2. The highest BCUT2D eigenvalue weighted by molar-refractivity contribution is 5.86. The van der Waals surface area contributed by atoms with Crippen molar-refractivity contribution in [3.05, 3.63) is 48.0 Å². The van der Waals surface area contributed by atoms with E-state index in [-0.39, 0.29) is 6.03 Å². The van der Waals surface area contributed by atoms with Gasteiger partial charge in [-0.15, -0.1) is 0 Å². The number of fused-ring (bicyclic) bond motifs is 1. The summed E-state index contributed by atoms with van der Waals surface area (Å²) >= 11 is 0. The predicted molar refractivity (Wildman–Crippen MR) is 83.0 cm³/mol. The van der Waals surface area contributed by atoms with Crippen molar-refractivity contribution in [2.24, 2.45) is 0 Å². The number of carbonyl (C=O) groups excluding carboxylic acids is 1. The second kappa shape index (κ2) is 5.37. The van der Waals surface area contributed by atoms with E-state index in [0.29, 0.717) is 26.1 Å². The average Bonchev–Trinajstić information content (AvgIpc) is 2.85. The maximum atomic E-state index is 12.1. The quantitative estimate of drug-likeness (QED) is 0.890. The number of likely N-dealkylation sites (tertiary alicyclic amines) is 1. The van der Waals surface area contributed by atoms with Crippen LogP contribution in [-0.2, 0) is 6.54 Å². The van der Waals surface area contributed by atoms with Gasteiger partial charge >= 0.3 is 6.03 Å². The first-order chi connectivity index (χ1) is 10.1. The topological polar surface area (TPSA) is 52.6 Å². The molecule has 1 saturated heterocycles. The van der Waals surface area contributed by atoms with Gasteiger partial charge in [0.2, 0.25) is 0 Å². The number of nitrogens with one attached hydrogen (secondary N) is 1. The highest BCUT2D eigenvalue weighted by Crippen LogP contribution is 2.21. The maximum absolute atomic E-state index is 12.1. The molecule has 110 valence electrons. The normalized spacial score (nSPS) is 21.7. The third-order valence-corrected chi connectivity index (χ3v) is 4.05. The van der Waals surface area contributed by atoms with Crippen LogP contribution in [0, 0.1) is 0 Å². The summed E-state index contributed by atoms with van der Waals surface area (Å²) in [5.41, 5.74) is 0.351. The zero-order valence-electron chi connectivity index (χ0n) is 12.2. The van der Waals surface area contributed by atoms with Gasteiger partial charge in [-0.05, 0) is 29.7 Å². The van der Waals surface area contributed by atoms with E-state index in [4.69, 9.17) is 0 Å². The summed E-state index contributed by atoms with van der Waals surface area (Å²) in [5.74, 6) is 0. The van der Waals surface area contributed by atoms with Crippen molar-refractivity contribution >= 4 is 16.8 Å². The number of hydrogen-bond donors (Lipinski definition) is 2. The van der Waals surface area contributed by atoms with Crippen LogP contribution >= 0.6 is 0 Å². The van der Waals surface area contributed by atoms with Crippen molar-refractivity contribution in [1.82, 2.24) is 10.2 Å². The van der Waals surface area contributed by atoms with E-state index in [1.165, 1.54) is 5.39 Å². The average molecular weight is 284 g/mol. The van der Waals surface area contributed by atoms with E-state index in [0.717, 1.165) is 10.9 Å². The fourth-order valence-corrected chi connectivity index (χ4v) is 2.85. The number of hydrogen-bond acceptors (Lipinski definition) is 2. The fourth-order valence-electron chi connectivity index (χ4n) is 2.85. The van der Waals surface area contributed by atoms with Gasteiger partial charge in [0.25, 0.3) is 0 Å². The van der Waals surface area contributed by atoms with E-state index in [9.17, 15) is 9.90 Å². The Morgan fingerprint density at radius 1 is 1.29 bits per heavy atom. The van der Waals surface area contributed by atoms with Crippen molar-refractivity contribution in [2.75, 3.05) is 13.1 Å². The Labute approximate surface area is 124 Å². The predicted octanol–water partition coefficient (Wildman–Crippen LogP) is 2.51. The molecule has 0 saturated carbocycles. The second-order valence-electron chi connectivity index (χ2n) is 5.97. The van der Waals surface area contributed by atoms with Crippen molar-refractivity contribution in [3.8, 4) is 0 Å². The molecule has 2 N–H and O–H groups in total. The molecular formula is C17H20N2O2. The van der Waals surface area contributed by atoms with Gasteiger partial charge in [-0.1, -0.05) is 42.5 Å². The molecule has 0 bridgehead atoms. The molecule has 1 aliphatic heterocycles. The first-order valence-corrected chi connectivity index (χ1v) is 7.27. The SMILES string of the molecule is C[C@]1(O)CCN(C(=O)NCc2cccc3ccccc23)C1. The molecule has 2 aromatic carbocycles. The number of aliphatic hydroxyl groups is 1. The van der Waals surface area contributed by atoms with Gasteiger partial charge in [-0.3, -0.25) is 0 Å². The first kappa shape index (κ1) is 13.9. The molecule has 1 heterocycles. The molecule has 4 nitrogen and oxygen atoms in total. The molecule has 2 aromatic rings. The lowest BCUT2D eigenvalue weighted by molar-refractivity contribution is 0.0719. The van der Waals surface area contributed by atoms with Gasteiger partial charge < -0.3 is 15.3 Å². The number of urea groups is 1. The zero-order chi connectivity index (χ0) is 14.9. The van der Waals surface area contributed by atoms with Gasteiger partial charge in [0.05, 0.1) is 12.1 Å². The number of amides is 2. The molecule has 2 amide bonds. The largest absolute Gasteiger partial charge is 0.388 e. The van der Waals surface area contributed by atoms with Gasteiger partial charge in [0.15, 0.2) is 0 Å². The standard InChI is InChI=1S/C17H20N2O2/c1-17(21)9-10-19(12-17)16(20)18-11-14-7-4-6-13-5-2-3-8-15(13)14/h2-8,21H,9-12H2,1H3,(H,18,20)/t17-/m0/s1. The highest BCUT2D eigenvalue weighted by Gasteiger charge is 2.33. The molecule has 4 heteroatoms. The maximum Gasteiger partial charge on any atom is 0.317 e. The lowest BCUT2D eigenvalue weighted by Gasteiger charge is -2.19. The summed E-state index contributed by atoms with van der Waals surface area (Å²) in [4.78, 5) is 13.8. The fraction of sp³-hybridized carbons (Fsp3) is 0.353. The van der Waals surface area contributed by atoms with E-state index in [2.05, 4.69) is 23.5 Å². The molecule has 3 rings (SSSR count). The monoisotopic (exact) mass is 284 g/mol. The van der Waals surface area contributed by atoms with Crippen molar-refractivity contribution in [2.45, 2.75) is 25.5 Å². The minimum absolute atomic E-state index is 0.110. The molecule has 1 aliphatic rings. The van der Waals surface area contributed by atoms with Gasteiger partial charge in [0.1, 0.15) is 0 Å². The second-order valence-corrected chi connectivity index (χ2v) is 5.97. The Morgan fingerprint density at radius 2 is 2.05 bits per heavy atom. The molecular weight excluding hydrogens is 264 g/mol. The summed E-state index contributed by atoms with van der Waals surface area (Å²) in [6.45, 7) is 3.27. The lowest BCUT2D eigenvalue weighted by Crippen LogP contribution is -2.40. The van der Waals surface area contributed by atoms with Crippen molar-refractivity contribution < 1.29 is 9.90 Å². The Bertz CT molecular complexity index is 661. The summed E-state index contributed by atoms with van der Waals surface area (Å²) < 4.78 is 0. The highest BCUT2D eigenvalue weighted by atomic mass is 16.3. The summed E-state index contributed by atoms with van der Waals surface area (Å²) in [7, 11) is 0. The molecule has 0 aromatic heterocycles. The Kier molecular flexibility index (Phi) is 3.55. The number of carbonyl (C=O) groups is 1. The smallest absolute Gasteiger partial charge is 0.317 e. The Balaban J connectivity index is 1.68. The van der Waals surface area contributed by atoms with Crippen LogP contribution in [0.15, 0.2) is 42.5 Å². The van der Waals surface area contributed by atoms with Crippen LogP contribution in [0.4, 0.5) is 4.79 Å². The third kappa shape index (κ3) is 3.00. The molecule has 0 unspecified atom stereocenters. The number of nitrogens with zero attached hydrogens (tertiary/aromatic N) is 1. The minimum Gasteiger partial charge on any atom is -0.388 e. The zero-order valence-corrected chi connectivity index (χ0v) is 12.2. The summed E-state index contributed by atoms with van der Waals surface area (Å²) in [6, 6.07) is 14.1. The lowest BCUT2D eigenvalue weighted by atomic mass is 10.0. The first-order valence-electron chi connectivity index (χ1n) is 7.27. The number of benzene rings is 2. The van der Waals surface area contributed by atoms with E-state index >= 15 is 0 Å². The van der Waals surface area contributed by atoms with Crippen molar-refractivity contribution in [1.29, 1.82) is 0 Å². The third-order valence-electron chi connectivity index (χ3n) is 4.05.